The maximum absolute atomic E-state index is 14.0. The lowest BCUT2D eigenvalue weighted by atomic mass is 9.94. The molecule has 3 aromatic rings. The third kappa shape index (κ3) is 8.14. The van der Waals surface area contributed by atoms with E-state index in [1.165, 1.54) is 17.0 Å². The summed E-state index contributed by atoms with van der Waals surface area (Å²) in [6, 6.07) is 22.9. The molecule has 0 saturated heterocycles. The highest BCUT2D eigenvalue weighted by molar-refractivity contribution is 7.92. The Morgan fingerprint density at radius 3 is 2.02 bits per heavy atom. The zero-order valence-corrected chi connectivity index (χ0v) is 23.5. The number of halogens is 1. The van der Waals surface area contributed by atoms with Gasteiger partial charge in [0.15, 0.2) is 0 Å². The highest BCUT2D eigenvalue weighted by Gasteiger charge is 2.34. The molecule has 1 saturated carbocycles. The number of rotatable bonds is 11. The number of carbonyl (C=O) groups excluding carboxylic acids is 2. The molecule has 0 aromatic heterocycles. The number of benzene rings is 3. The van der Waals surface area contributed by atoms with Crippen molar-refractivity contribution in [2.24, 2.45) is 0 Å². The van der Waals surface area contributed by atoms with Crippen molar-refractivity contribution in [1.29, 1.82) is 0 Å². The largest absolute Gasteiger partial charge is 0.352 e. The zero-order chi connectivity index (χ0) is 28.5. The number of nitrogens with zero attached hydrogens (tertiary/aromatic N) is 2. The normalized spacial score (nSPS) is 14.8. The van der Waals surface area contributed by atoms with Gasteiger partial charge in [-0.25, -0.2) is 12.8 Å². The minimum atomic E-state index is -3.90. The summed E-state index contributed by atoms with van der Waals surface area (Å²) >= 11 is 0. The Bertz CT molecular complexity index is 1360. The van der Waals surface area contributed by atoms with Gasteiger partial charge in [0.1, 0.15) is 18.4 Å². The van der Waals surface area contributed by atoms with E-state index in [9.17, 15) is 22.4 Å². The molecule has 0 spiro atoms. The third-order valence-corrected chi connectivity index (χ3v) is 8.35. The van der Waals surface area contributed by atoms with Gasteiger partial charge in [-0.15, -0.1) is 0 Å². The van der Waals surface area contributed by atoms with Gasteiger partial charge < -0.3 is 10.2 Å². The van der Waals surface area contributed by atoms with Crippen LogP contribution in [-0.2, 0) is 32.6 Å². The molecule has 1 fully saturated rings. The molecule has 1 atom stereocenters. The summed E-state index contributed by atoms with van der Waals surface area (Å²) in [7, 11) is -3.90. The molecule has 1 aliphatic carbocycles. The lowest BCUT2D eigenvalue weighted by Gasteiger charge is -2.35. The van der Waals surface area contributed by atoms with Gasteiger partial charge in [-0.3, -0.25) is 13.9 Å². The smallest absolute Gasteiger partial charge is 0.244 e. The summed E-state index contributed by atoms with van der Waals surface area (Å²) in [5.74, 6) is -1.30. The molecular formula is C31H36FN3O4S. The van der Waals surface area contributed by atoms with Gasteiger partial charge in [-0.05, 0) is 48.2 Å². The van der Waals surface area contributed by atoms with E-state index in [4.69, 9.17) is 0 Å². The fourth-order valence-electron chi connectivity index (χ4n) is 5.10. The van der Waals surface area contributed by atoms with E-state index in [-0.39, 0.29) is 30.6 Å². The molecule has 1 aliphatic rings. The molecule has 3 aromatic carbocycles. The minimum absolute atomic E-state index is 0.0416. The Labute approximate surface area is 236 Å². The lowest BCUT2D eigenvalue weighted by Crippen LogP contribution is -2.55. The van der Waals surface area contributed by atoms with Crippen molar-refractivity contribution in [1.82, 2.24) is 10.2 Å². The monoisotopic (exact) mass is 565 g/mol. The number of nitrogens with one attached hydrogen (secondary N) is 1. The average Bonchev–Trinajstić information content (AvgIpc) is 2.95. The molecule has 212 valence electrons. The van der Waals surface area contributed by atoms with Crippen molar-refractivity contribution in [2.45, 2.75) is 57.2 Å². The van der Waals surface area contributed by atoms with E-state index >= 15 is 0 Å². The van der Waals surface area contributed by atoms with Gasteiger partial charge in [-0.1, -0.05) is 79.9 Å². The topological polar surface area (TPSA) is 86.8 Å². The Balaban J connectivity index is 1.69. The van der Waals surface area contributed by atoms with Crippen LogP contribution in [0.5, 0.6) is 0 Å². The molecule has 40 heavy (non-hydrogen) atoms. The van der Waals surface area contributed by atoms with Crippen LogP contribution in [0, 0.1) is 5.82 Å². The highest BCUT2D eigenvalue weighted by Crippen LogP contribution is 2.22. The summed E-state index contributed by atoms with van der Waals surface area (Å²) in [5.41, 5.74) is 1.87. The number of amides is 2. The molecule has 4 rings (SSSR count). The standard InChI is InChI=1S/C31H36FN3O4S/c1-40(38,39)35(28-19-17-26(32)18-20-28)23-30(36)34(22-25-13-7-3-8-14-25)29(21-24-11-5-2-6-12-24)31(37)33-27-15-9-4-10-16-27/h2-3,5-8,11-14,17-20,27,29H,4,9-10,15-16,21-23H2,1H3,(H,33,37)/t29-/m1/s1. The molecule has 7 nitrogen and oxygen atoms in total. The lowest BCUT2D eigenvalue weighted by molar-refractivity contribution is -0.140. The minimum Gasteiger partial charge on any atom is -0.352 e. The average molecular weight is 566 g/mol. The van der Waals surface area contributed by atoms with Crippen molar-refractivity contribution in [3.05, 3.63) is 102 Å². The van der Waals surface area contributed by atoms with Crippen LogP contribution in [0.15, 0.2) is 84.9 Å². The Hall–Kier alpha value is -3.72. The summed E-state index contributed by atoms with van der Waals surface area (Å²) in [6.07, 6.45) is 6.29. The quantitative estimate of drug-likeness (QED) is 0.366. The predicted molar refractivity (Wildman–Crippen MR) is 155 cm³/mol. The van der Waals surface area contributed by atoms with Gasteiger partial charge in [0.05, 0.1) is 11.9 Å². The van der Waals surface area contributed by atoms with Crippen LogP contribution in [0.4, 0.5) is 10.1 Å². The van der Waals surface area contributed by atoms with Crippen molar-refractivity contribution < 1.29 is 22.4 Å². The molecule has 0 bridgehead atoms. The summed E-state index contributed by atoms with van der Waals surface area (Å²) in [6.45, 7) is -0.407. The summed E-state index contributed by atoms with van der Waals surface area (Å²) in [4.78, 5) is 29.4. The Morgan fingerprint density at radius 1 is 0.875 bits per heavy atom. The molecule has 1 N–H and O–H groups in total. The fraction of sp³-hybridized carbons (Fsp3) is 0.355. The number of sulfonamides is 1. The number of hydrogen-bond acceptors (Lipinski definition) is 4. The first-order chi connectivity index (χ1) is 19.2. The maximum Gasteiger partial charge on any atom is 0.244 e. The SMILES string of the molecule is CS(=O)(=O)N(CC(=O)N(Cc1ccccc1)[C@H](Cc1ccccc1)C(=O)NC1CCCCC1)c1ccc(F)cc1. The van der Waals surface area contributed by atoms with Gasteiger partial charge in [0.2, 0.25) is 21.8 Å². The van der Waals surface area contributed by atoms with E-state index in [1.807, 2.05) is 60.7 Å². The summed E-state index contributed by atoms with van der Waals surface area (Å²) in [5, 5.41) is 3.18. The Kier molecular flexibility index (Phi) is 9.93. The van der Waals surface area contributed by atoms with Gasteiger partial charge in [0, 0.05) is 19.0 Å². The van der Waals surface area contributed by atoms with E-state index in [1.54, 1.807) is 0 Å². The second-order valence-corrected chi connectivity index (χ2v) is 12.2. The van der Waals surface area contributed by atoms with Crippen LogP contribution < -0.4 is 9.62 Å². The third-order valence-electron chi connectivity index (χ3n) is 7.21. The van der Waals surface area contributed by atoms with Crippen LogP contribution in [0.2, 0.25) is 0 Å². The van der Waals surface area contributed by atoms with Crippen LogP contribution in [-0.4, -0.2) is 50.0 Å². The zero-order valence-electron chi connectivity index (χ0n) is 22.7. The van der Waals surface area contributed by atoms with Gasteiger partial charge in [0.25, 0.3) is 0 Å². The fourth-order valence-corrected chi connectivity index (χ4v) is 5.95. The van der Waals surface area contributed by atoms with Crippen LogP contribution in [0.25, 0.3) is 0 Å². The molecule has 0 radical (unpaired) electrons. The first-order valence-corrected chi connectivity index (χ1v) is 15.5. The van der Waals surface area contributed by atoms with E-state index in [0.29, 0.717) is 0 Å². The Morgan fingerprint density at radius 2 is 1.45 bits per heavy atom. The van der Waals surface area contributed by atoms with E-state index < -0.39 is 34.3 Å². The van der Waals surface area contributed by atoms with Crippen molar-refractivity contribution in [3.63, 3.8) is 0 Å². The summed E-state index contributed by atoms with van der Waals surface area (Å²) < 4.78 is 40.1. The second-order valence-electron chi connectivity index (χ2n) is 10.3. The first-order valence-electron chi connectivity index (χ1n) is 13.6. The van der Waals surface area contributed by atoms with Crippen molar-refractivity contribution >= 4 is 27.5 Å². The van der Waals surface area contributed by atoms with Crippen LogP contribution >= 0.6 is 0 Å². The second kappa shape index (κ2) is 13.6. The predicted octanol–water partition coefficient (Wildman–Crippen LogP) is 4.68. The number of anilines is 1. The van der Waals surface area contributed by atoms with E-state index in [2.05, 4.69) is 5.32 Å². The number of carbonyl (C=O) groups is 2. The molecule has 0 aliphatic heterocycles. The van der Waals surface area contributed by atoms with E-state index in [0.717, 1.165) is 65.9 Å². The molecule has 0 unspecified atom stereocenters. The van der Waals surface area contributed by atoms with Crippen molar-refractivity contribution in [3.8, 4) is 0 Å². The molecule has 2 amide bonds. The molecular weight excluding hydrogens is 529 g/mol. The number of hydrogen-bond donors (Lipinski definition) is 1. The van der Waals surface area contributed by atoms with Crippen LogP contribution in [0.1, 0.15) is 43.2 Å². The highest BCUT2D eigenvalue weighted by atomic mass is 32.2. The van der Waals surface area contributed by atoms with Gasteiger partial charge in [-0.2, -0.15) is 0 Å². The first kappa shape index (κ1) is 29.3. The molecule has 0 heterocycles. The van der Waals surface area contributed by atoms with Gasteiger partial charge >= 0.3 is 0 Å². The maximum atomic E-state index is 14.0. The van der Waals surface area contributed by atoms with Crippen LogP contribution in [0.3, 0.4) is 0 Å². The molecule has 9 heteroatoms. The van der Waals surface area contributed by atoms with Crippen molar-refractivity contribution in [2.75, 3.05) is 17.1 Å².